The van der Waals surface area contributed by atoms with Crippen LogP contribution in [0.25, 0.3) is 10.9 Å². The topological polar surface area (TPSA) is 48.0 Å². The molecular formula is C11H14N2O. The molecule has 1 aromatic heterocycles. The van der Waals surface area contributed by atoms with Crippen LogP contribution in [0.15, 0.2) is 24.4 Å². The highest BCUT2D eigenvalue weighted by atomic mass is 16.3. The molecule has 0 fully saturated rings. The summed E-state index contributed by atoms with van der Waals surface area (Å²) in [6, 6.07) is 5.59. The van der Waals surface area contributed by atoms with Crippen LogP contribution in [0.5, 0.6) is 5.75 Å². The zero-order chi connectivity index (χ0) is 9.97. The number of likely N-dealkylation sites (N-methyl/N-ethyl adjacent to an activating group) is 1. The predicted octanol–water partition coefficient (Wildman–Crippen LogP) is 1.64. The van der Waals surface area contributed by atoms with Gasteiger partial charge in [-0.3, -0.25) is 0 Å². The molecule has 74 valence electrons. The molecule has 0 unspecified atom stereocenters. The average Bonchev–Trinajstić information content (AvgIpc) is 2.60. The molecular weight excluding hydrogens is 176 g/mol. The summed E-state index contributed by atoms with van der Waals surface area (Å²) in [5, 5.41) is 13.8. The van der Waals surface area contributed by atoms with E-state index in [0.717, 1.165) is 23.9 Å². The van der Waals surface area contributed by atoms with Gasteiger partial charge in [0, 0.05) is 11.6 Å². The van der Waals surface area contributed by atoms with Gasteiger partial charge in [0.1, 0.15) is 5.75 Å². The van der Waals surface area contributed by atoms with Crippen LogP contribution in [-0.2, 0) is 6.42 Å². The van der Waals surface area contributed by atoms with Gasteiger partial charge in [-0.1, -0.05) is 12.1 Å². The van der Waals surface area contributed by atoms with Gasteiger partial charge in [-0.25, -0.2) is 0 Å². The third-order valence-corrected chi connectivity index (χ3v) is 2.42. The summed E-state index contributed by atoms with van der Waals surface area (Å²) in [5.74, 6) is 0.318. The molecule has 0 aliphatic rings. The number of hydrogen-bond donors (Lipinski definition) is 3. The highest BCUT2D eigenvalue weighted by Gasteiger charge is 2.05. The Balaban J connectivity index is 2.42. The van der Waals surface area contributed by atoms with E-state index in [4.69, 9.17) is 0 Å². The maximum atomic E-state index is 9.56. The van der Waals surface area contributed by atoms with Gasteiger partial charge in [0.2, 0.25) is 0 Å². The Morgan fingerprint density at radius 3 is 3.07 bits per heavy atom. The molecule has 0 bridgehead atoms. The predicted molar refractivity (Wildman–Crippen MR) is 57.6 cm³/mol. The van der Waals surface area contributed by atoms with Crippen molar-refractivity contribution < 1.29 is 5.11 Å². The molecule has 1 heterocycles. The van der Waals surface area contributed by atoms with Gasteiger partial charge < -0.3 is 15.4 Å². The summed E-state index contributed by atoms with van der Waals surface area (Å²) in [7, 11) is 1.94. The molecule has 3 heteroatoms. The van der Waals surface area contributed by atoms with Crippen molar-refractivity contribution in [3.8, 4) is 5.75 Å². The van der Waals surface area contributed by atoms with Gasteiger partial charge in [0.05, 0.1) is 5.52 Å². The van der Waals surface area contributed by atoms with Crippen LogP contribution in [0.4, 0.5) is 0 Å². The highest BCUT2D eigenvalue weighted by molar-refractivity contribution is 5.88. The Labute approximate surface area is 82.8 Å². The smallest absolute Gasteiger partial charge is 0.139 e. The molecule has 14 heavy (non-hydrogen) atoms. The van der Waals surface area contributed by atoms with E-state index in [9.17, 15) is 5.11 Å². The van der Waals surface area contributed by atoms with Crippen LogP contribution in [0, 0.1) is 0 Å². The van der Waals surface area contributed by atoms with Crippen molar-refractivity contribution in [3.63, 3.8) is 0 Å². The first-order valence-electron chi connectivity index (χ1n) is 4.75. The van der Waals surface area contributed by atoms with Crippen molar-refractivity contribution in [1.82, 2.24) is 10.3 Å². The number of phenolic OH excluding ortho intramolecular Hbond substituents is 1. The van der Waals surface area contributed by atoms with E-state index in [1.54, 1.807) is 6.07 Å². The van der Waals surface area contributed by atoms with E-state index in [1.165, 1.54) is 5.56 Å². The second kappa shape index (κ2) is 3.72. The quantitative estimate of drug-likeness (QED) is 0.689. The van der Waals surface area contributed by atoms with Crippen LogP contribution in [-0.4, -0.2) is 23.7 Å². The molecule has 2 aromatic rings. The summed E-state index contributed by atoms with van der Waals surface area (Å²) in [4.78, 5) is 3.09. The Kier molecular flexibility index (Phi) is 2.41. The molecule has 1 aromatic carbocycles. The van der Waals surface area contributed by atoms with E-state index < -0.39 is 0 Å². The largest absolute Gasteiger partial charge is 0.506 e. The molecule has 0 saturated heterocycles. The fourth-order valence-electron chi connectivity index (χ4n) is 1.66. The zero-order valence-corrected chi connectivity index (χ0v) is 8.17. The number of aromatic amines is 1. The number of aromatic hydroxyl groups is 1. The van der Waals surface area contributed by atoms with E-state index in [1.807, 2.05) is 25.4 Å². The van der Waals surface area contributed by atoms with E-state index in [2.05, 4.69) is 10.3 Å². The van der Waals surface area contributed by atoms with Gasteiger partial charge in [0.15, 0.2) is 0 Å². The fraction of sp³-hybridized carbons (Fsp3) is 0.273. The summed E-state index contributed by atoms with van der Waals surface area (Å²) < 4.78 is 0. The van der Waals surface area contributed by atoms with Gasteiger partial charge >= 0.3 is 0 Å². The number of rotatable bonds is 3. The molecule has 0 radical (unpaired) electrons. The maximum absolute atomic E-state index is 9.56. The first-order valence-corrected chi connectivity index (χ1v) is 4.75. The molecule has 3 nitrogen and oxygen atoms in total. The lowest BCUT2D eigenvalue weighted by Crippen LogP contribution is -2.09. The third-order valence-electron chi connectivity index (χ3n) is 2.42. The first-order chi connectivity index (χ1) is 6.83. The van der Waals surface area contributed by atoms with Crippen molar-refractivity contribution >= 4 is 10.9 Å². The summed E-state index contributed by atoms with van der Waals surface area (Å²) in [6.07, 6.45) is 2.93. The van der Waals surface area contributed by atoms with Crippen molar-refractivity contribution in [3.05, 3.63) is 30.0 Å². The van der Waals surface area contributed by atoms with Crippen LogP contribution in [0.1, 0.15) is 5.56 Å². The number of para-hydroxylation sites is 1. The summed E-state index contributed by atoms with van der Waals surface area (Å²) in [5.41, 5.74) is 2.07. The summed E-state index contributed by atoms with van der Waals surface area (Å²) in [6.45, 7) is 0.947. The normalized spacial score (nSPS) is 10.9. The minimum absolute atomic E-state index is 0.318. The second-order valence-electron chi connectivity index (χ2n) is 3.37. The number of hydrogen-bond acceptors (Lipinski definition) is 2. The second-order valence-corrected chi connectivity index (χ2v) is 3.37. The Morgan fingerprint density at radius 1 is 1.43 bits per heavy atom. The molecule has 0 atom stereocenters. The van der Waals surface area contributed by atoms with Gasteiger partial charge in [-0.2, -0.15) is 0 Å². The number of phenols is 1. The minimum Gasteiger partial charge on any atom is -0.506 e. The van der Waals surface area contributed by atoms with Crippen molar-refractivity contribution in [2.75, 3.05) is 13.6 Å². The van der Waals surface area contributed by atoms with E-state index in [-0.39, 0.29) is 0 Å². The zero-order valence-electron chi connectivity index (χ0n) is 8.17. The molecule has 0 aliphatic carbocycles. The lowest BCUT2D eigenvalue weighted by Gasteiger charge is -1.98. The van der Waals surface area contributed by atoms with Crippen molar-refractivity contribution in [2.24, 2.45) is 0 Å². The molecule has 0 aliphatic heterocycles. The molecule has 0 spiro atoms. The van der Waals surface area contributed by atoms with Crippen LogP contribution in [0.2, 0.25) is 0 Å². The molecule has 0 saturated carbocycles. The Morgan fingerprint density at radius 2 is 2.29 bits per heavy atom. The lowest BCUT2D eigenvalue weighted by molar-refractivity contribution is 0.480. The van der Waals surface area contributed by atoms with Crippen LogP contribution >= 0.6 is 0 Å². The number of benzene rings is 1. The Hall–Kier alpha value is -1.48. The number of fused-ring (bicyclic) bond motifs is 1. The summed E-state index contributed by atoms with van der Waals surface area (Å²) >= 11 is 0. The van der Waals surface area contributed by atoms with E-state index >= 15 is 0 Å². The number of nitrogens with one attached hydrogen (secondary N) is 2. The van der Waals surface area contributed by atoms with Crippen molar-refractivity contribution in [1.29, 1.82) is 0 Å². The Bertz CT molecular complexity index is 434. The van der Waals surface area contributed by atoms with Crippen LogP contribution in [0.3, 0.4) is 0 Å². The minimum atomic E-state index is 0.318. The number of aromatic nitrogens is 1. The van der Waals surface area contributed by atoms with E-state index in [0.29, 0.717) is 5.75 Å². The number of H-pyrrole nitrogens is 1. The van der Waals surface area contributed by atoms with Gasteiger partial charge in [-0.05, 0) is 31.6 Å². The van der Waals surface area contributed by atoms with Crippen LogP contribution < -0.4 is 5.32 Å². The molecule has 2 rings (SSSR count). The maximum Gasteiger partial charge on any atom is 0.139 e. The average molecular weight is 190 g/mol. The fourth-order valence-corrected chi connectivity index (χ4v) is 1.66. The van der Waals surface area contributed by atoms with Gasteiger partial charge in [-0.15, -0.1) is 0 Å². The SMILES string of the molecule is CNCCc1c[nH]c2c(O)cccc12. The standard InChI is InChI=1S/C11H14N2O/c1-12-6-5-8-7-13-11-9(8)3-2-4-10(11)14/h2-4,7,12-14H,5-6H2,1H3. The first kappa shape index (κ1) is 9.09. The molecule has 3 N–H and O–H groups in total. The lowest BCUT2D eigenvalue weighted by atomic mass is 10.1. The monoisotopic (exact) mass is 190 g/mol. The molecule has 0 amide bonds. The highest BCUT2D eigenvalue weighted by Crippen LogP contribution is 2.25. The van der Waals surface area contributed by atoms with Gasteiger partial charge in [0.25, 0.3) is 0 Å². The third kappa shape index (κ3) is 1.46. The van der Waals surface area contributed by atoms with Crippen molar-refractivity contribution in [2.45, 2.75) is 6.42 Å².